The first-order valence-electron chi connectivity index (χ1n) is 9.10. The minimum Gasteiger partial charge on any atom is -0.465 e. The lowest BCUT2D eigenvalue weighted by Crippen LogP contribution is -2.55. The fraction of sp³-hybridized carbons (Fsp3) is 0.737. The maximum atomic E-state index is 12.5. The molecule has 0 saturated heterocycles. The molecule has 2 aliphatic carbocycles. The standard InChI is InChI=1S/C19H28O7/c1-5-24-16(21)15(17(22)25-6-2)13-11-18(4,23)19(26-12(3)20)10-8-7-9-14(13)19/h7-8,13-15,23H,5-6,9-11H2,1-4H3/t13?,14-,18-,19-/m1/s1. The topological polar surface area (TPSA) is 99.1 Å². The molecule has 7 heteroatoms. The van der Waals surface area contributed by atoms with Crippen LogP contribution in [0.4, 0.5) is 0 Å². The number of hydrogen-bond donors (Lipinski definition) is 1. The van der Waals surface area contributed by atoms with Crippen LogP contribution in [-0.2, 0) is 28.6 Å². The first-order chi connectivity index (χ1) is 12.2. The van der Waals surface area contributed by atoms with Gasteiger partial charge in [0.05, 0.1) is 13.2 Å². The molecule has 0 aromatic carbocycles. The second-order valence-corrected chi connectivity index (χ2v) is 7.12. The summed E-state index contributed by atoms with van der Waals surface area (Å²) in [6.45, 7) is 6.49. The van der Waals surface area contributed by atoms with Gasteiger partial charge in [-0.3, -0.25) is 14.4 Å². The summed E-state index contributed by atoms with van der Waals surface area (Å²) in [5.41, 5.74) is -2.55. The molecule has 1 fully saturated rings. The van der Waals surface area contributed by atoms with E-state index in [4.69, 9.17) is 14.2 Å². The van der Waals surface area contributed by atoms with Crippen molar-refractivity contribution in [2.75, 3.05) is 13.2 Å². The van der Waals surface area contributed by atoms with E-state index < -0.39 is 40.9 Å². The zero-order valence-electron chi connectivity index (χ0n) is 15.8. The summed E-state index contributed by atoms with van der Waals surface area (Å²) in [4.78, 5) is 36.8. The summed E-state index contributed by atoms with van der Waals surface area (Å²) in [6.07, 6.45) is 4.74. The van der Waals surface area contributed by atoms with Crippen molar-refractivity contribution in [2.24, 2.45) is 17.8 Å². The molecule has 0 amide bonds. The van der Waals surface area contributed by atoms with Crippen LogP contribution in [0.25, 0.3) is 0 Å². The monoisotopic (exact) mass is 368 g/mol. The summed E-state index contributed by atoms with van der Waals surface area (Å²) in [5, 5.41) is 11.1. The van der Waals surface area contributed by atoms with E-state index >= 15 is 0 Å². The van der Waals surface area contributed by atoms with Gasteiger partial charge in [-0.25, -0.2) is 0 Å². The smallest absolute Gasteiger partial charge is 0.320 e. The van der Waals surface area contributed by atoms with Crippen LogP contribution >= 0.6 is 0 Å². The lowest BCUT2D eigenvalue weighted by molar-refractivity contribution is -0.193. The lowest BCUT2D eigenvalue weighted by atomic mass is 9.71. The van der Waals surface area contributed by atoms with Gasteiger partial charge in [0.2, 0.25) is 0 Å². The second kappa shape index (κ2) is 7.78. The van der Waals surface area contributed by atoms with E-state index in [1.54, 1.807) is 20.8 Å². The molecule has 146 valence electrons. The molecule has 0 radical (unpaired) electrons. The summed E-state index contributed by atoms with van der Waals surface area (Å²) in [6, 6.07) is 0. The quantitative estimate of drug-likeness (QED) is 0.330. The summed E-state index contributed by atoms with van der Waals surface area (Å²) >= 11 is 0. The molecule has 4 atom stereocenters. The van der Waals surface area contributed by atoms with E-state index in [-0.39, 0.29) is 25.6 Å². The molecule has 1 unspecified atom stereocenters. The zero-order chi connectivity index (χ0) is 19.5. The van der Waals surface area contributed by atoms with E-state index in [0.717, 1.165) is 0 Å². The fourth-order valence-electron chi connectivity index (χ4n) is 4.50. The highest BCUT2D eigenvalue weighted by Crippen LogP contribution is 2.57. The van der Waals surface area contributed by atoms with Gasteiger partial charge in [-0.2, -0.15) is 0 Å². The van der Waals surface area contributed by atoms with E-state index in [9.17, 15) is 19.5 Å². The normalized spacial score (nSPS) is 32.8. The van der Waals surface area contributed by atoms with Gasteiger partial charge in [0, 0.05) is 19.3 Å². The largest absolute Gasteiger partial charge is 0.465 e. The average Bonchev–Trinajstić information content (AvgIpc) is 2.75. The second-order valence-electron chi connectivity index (χ2n) is 7.12. The van der Waals surface area contributed by atoms with Crippen LogP contribution < -0.4 is 0 Å². The van der Waals surface area contributed by atoms with Gasteiger partial charge in [0.25, 0.3) is 0 Å². The maximum Gasteiger partial charge on any atom is 0.320 e. The Balaban J connectivity index is 2.46. The Bertz CT molecular complexity index is 577. The van der Waals surface area contributed by atoms with Crippen molar-refractivity contribution in [1.29, 1.82) is 0 Å². The Hall–Kier alpha value is -1.89. The van der Waals surface area contributed by atoms with Crippen LogP contribution in [-0.4, -0.2) is 47.4 Å². The van der Waals surface area contributed by atoms with Crippen molar-refractivity contribution >= 4 is 17.9 Å². The number of allylic oxidation sites excluding steroid dienone is 1. The third-order valence-corrected chi connectivity index (χ3v) is 5.47. The Morgan fingerprint density at radius 1 is 1.15 bits per heavy atom. The number of rotatable bonds is 6. The third kappa shape index (κ3) is 3.49. The molecule has 2 rings (SSSR count). The minimum atomic E-state index is -1.38. The number of hydrogen-bond acceptors (Lipinski definition) is 7. The zero-order valence-corrected chi connectivity index (χ0v) is 15.8. The molecule has 0 bridgehead atoms. The Labute approximate surface area is 153 Å². The molecule has 0 heterocycles. The molecule has 2 aliphatic rings. The van der Waals surface area contributed by atoms with Gasteiger partial charge >= 0.3 is 17.9 Å². The van der Waals surface area contributed by atoms with Gasteiger partial charge < -0.3 is 19.3 Å². The van der Waals surface area contributed by atoms with Crippen LogP contribution in [0.2, 0.25) is 0 Å². The Morgan fingerprint density at radius 3 is 2.23 bits per heavy atom. The number of carbonyl (C=O) groups is 3. The SMILES string of the molecule is CCOC(=O)C(C(=O)OCC)C1C[C@@](C)(O)[C@@]2(OC(C)=O)CC=CC[C@H]12. The van der Waals surface area contributed by atoms with E-state index in [0.29, 0.717) is 12.8 Å². The van der Waals surface area contributed by atoms with Crippen molar-refractivity contribution in [2.45, 2.75) is 58.2 Å². The first kappa shape index (κ1) is 20.4. The molecular formula is C19H28O7. The van der Waals surface area contributed by atoms with Gasteiger partial charge in [0.1, 0.15) is 11.2 Å². The summed E-state index contributed by atoms with van der Waals surface area (Å²) in [5.74, 6) is -3.93. The van der Waals surface area contributed by atoms with Gasteiger partial charge in [0.15, 0.2) is 5.92 Å². The summed E-state index contributed by atoms with van der Waals surface area (Å²) in [7, 11) is 0. The van der Waals surface area contributed by atoms with Gasteiger partial charge in [-0.15, -0.1) is 0 Å². The van der Waals surface area contributed by atoms with E-state index in [2.05, 4.69) is 0 Å². The van der Waals surface area contributed by atoms with E-state index in [1.165, 1.54) is 6.92 Å². The van der Waals surface area contributed by atoms with Crippen LogP contribution in [0.5, 0.6) is 0 Å². The van der Waals surface area contributed by atoms with Crippen molar-refractivity contribution in [3.63, 3.8) is 0 Å². The maximum absolute atomic E-state index is 12.5. The van der Waals surface area contributed by atoms with Crippen molar-refractivity contribution in [3.8, 4) is 0 Å². The minimum absolute atomic E-state index is 0.134. The van der Waals surface area contributed by atoms with Crippen molar-refractivity contribution in [3.05, 3.63) is 12.2 Å². The van der Waals surface area contributed by atoms with Gasteiger partial charge in [-0.05, 0) is 39.5 Å². The third-order valence-electron chi connectivity index (χ3n) is 5.47. The number of carbonyl (C=O) groups excluding carboxylic acids is 3. The number of esters is 3. The van der Waals surface area contributed by atoms with Crippen molar-refractivity contribution in [1.82, 2.24) is 0 Å². The molecule has 7 nitrogen and oxygen atoms in total. The molecular weight excluding hydrogens is 340 g/mol. The molecule has 0 spiro atoms. The van der Waals surface area contributed by atoms with Crippen LogP contribution in [0.15, 0.2) is 12.2 Å². The number of fused-ring (bicyclic) bond motifs is 1. The summed E-state index contributed by atoms with van der Waals surface area (Å²) < 4.78 is 15.8. The van der Waals surface area contributed by atoms with E-state index in [1.807, 2.05) is 12.2 Å². The predicted molar refractivity (Wildman–Crippen MR) is 91.8 cm³/mol. The fourth-order valence-corrected chi connectivity index (χ4v) is 4.50. The lowest BCUT2D eigenvalue weighted by Gasteiger charge is -2.44. The average molecular weight is 368 g/mol. The highest BCUT2D eigenvalue weighted by molar-refractivity contribution is 5.95. The van der Waals surface area contributed by atoms with Crippen LogP contribution in [0, 0.1) is 17.8 Å². The Morgan fingerprint density at radius 2 is 1.73 bits per heavy atom. The number of aliphatic hydroxyl groups is 1. The van der Waals surface area contributed by atoms with Crippen molar-refractivity contribution < 1.29 is 33.7 Å². The molecule has 0 aromatic rings. The molecule has 1 saturated carbocycles. The molecule has 1 N–H and O–H groups in total. The highest BCUT2D eigenvalue weighted by Gasteiger charge is 2.66. The highest BCUT2D eigenvalue weighted by atomic mass is 16.6. The van der Waals surface area contributed by atoms with Gasteiger partial charge in [-0.1, -0.05) is 12.2 Å². The first-order valence-corrected chi connectivity index (χ1v) is 9.10. The van der Waals surface area contributed by atoms with Crippen LogP contribution in [0.1, 0.15) is 47.0 Å². The van der Waals surface area contributed by atoms with Crippen LogP contribution in [0.3, 0.4) is 0 Å². The molecule has 0 aromatic heterocycles. The number of ether oxygens (including phenoxy) is 3. The Kier molecular flexibility index (Phi) is 6.11. The predicted octanol–water partition coefficient (Wildman–Crippen LogP) is 1.77. The molecule has 26 heavy (non-hydrogen) atoms. The molecule has 0 aliphatic heterocycles.